The molecule has 0 radical (unpaired) electrons. The number of halogens is 1. The maximum atomic E-state index is 12.7. The summed E-state index contributed by atoms with van der Waals surface area (Å²) >= 11 is 0. The van der Waals surface area contributed by atoms with Gasteiger partial charge in [-0.25, -0.2) is 9.18 Å². The van der Waals surface area contributed by atoms with Gasteiger partial charge in [0.1, 0.15) is 18.4 Å². The normalized spacial score (nSPS) is 18.9. The zero-order valence-electron chi connectivity index (χ0n) is 9.09. The Kier molecular flexibility index (Phi) is 2.97. The second-order valence-corrected chi connectivity index (χ2v) is 3.75. The van der Waals surface area contributed by atoms with Gasteiger partial charge in [0.25, 0.3) is 5.91 Å². The van der Waals surface area contributed by atoms with Crippen molar-refractivity contribution in [3.8, 4) is 0 Å². The Morgan fingerprint density at radius 1 is 1.33 bits per heavy atom. The van der Waals surface area contributed by atoms with Crippen LogP contribution in [-0.4, -0.2) is 34.5 Å². The van der Waals surface area contributed by atoms with Crippen LogP contribution < -0.4 is 5.32 Å². The lowest BCUT2D eigenvalue weighted by Gasteiger charge is -2.10. The molecule has 1 heterocycles. The van der Waals surface area contributed by atoms with Crippen LogP contribution >= 0.6 is 0 Å². The predicted octanol–water partition coefficient (Wildman–Crippen LogP) is 0.503. The predicted molar refractivity (Wildman–Crippen MR) is 57.0 cm³/mol. The van der Waals surface area contributed by atoms with E-state index in [-0.39, 0.29) is 0 Å². The fraction of sp³-hybridized carbons (Fsp3) is 0.182. The molecule has 0 saturated carbocycles. The average molecular weight is 252 g/mol. The Bertz CT molecular complexity index is 514. The van der Waals surface area contributed by atoms with Crippen LogP contribution in [0.5, 0.6) is 0 Å². The topological polar surface area (TPSA) is 86.7 Å². The number of imide groups is 1. The second kappa shape index (κ2) is 4.44. The first-order valence-corrected chi connectivity index (χ1v) is 5.08. The van der Waals surface area contributed by atoms with Crippen LogP contribution in [0.4, 0.5) is 9.18 Å². The number of carbonyl (C=O) groups excluding carboxylic acids is 2. The number of rotatable bonds is 3. The van der Waals surface area contributed by atoms with Gasteiger partial charge < -0.3 is 10.4 Å². The lowest BCUT2D eigenvalue weighted by atomic mass is 10.1. The summed E-state index contributed by atoms with van der Waals surface area (Å²) in [5.74, 6) is -2.40. The molecule has 1 fully saturated rings. The smallest absolute Gasteiger partial charge is 0.325 e. The number of carboxylic acid groups (broad SMARTS) is 1. The van der Waals surface area contributed by atoms with E-state index in [0.717, 1.165) is 12.1 Å². The molecule has 3 amide bonds. The lowest BCUT2D eigenvalue weighted by Crippen LogP contribution is -2.35. The van der Waals surface area contributed by atoms with Crippen LogP contribution in [0.2, 0.25) is 0 Å². The van der Waals surface area contributed by atoms with Gasteiger partial charge in [0.05, 0.1) is 0 Å². The first-order chi connectivity index (χ1) is 8.49. The van der Waals surface area contributed by atoms with Crippen molar-refractivity contribution in [2.75, 3.05) is 6.54 Å². The van der Waals surface area contributed by atoms with Crippen molar-refractivity contribution in [2.24, 2.45) is 0 Å². The standard InChI is InChI=1S/C11H9FN2O4/c12-7-3-1-6(2-4-7)9-10(17)14(5-8(15)16)11(18)13-9/h1-4,9H,5H2,(H,13,18)(H,15,16)/t9-/m0/s1. The van der Waals surface area contributed by atoms with Crippen LogP contribution in [0.25, 0.3) is 0 Å². The van der Waals surface area contributed by atoms with E-state index in [4.69, 9.17) is 5.11 Å². The first kappa shape index (κ1) is 12.0. The van der Waals surface area contributed by atoms with E-state index in [9.17, 15) is 18.8 Å². The van der Waals surface area contributed by atoms with Gasteiger partial charge in [0.2, 0.25) is 0 Å². The molecular formula is C11H9FN2O4. The number of aliphatic carboxylic acids is 1. The van der Waals surface area contributed by atoms with Gasteiger partial charge in [-0.3, -0.25) is 14.5 Å². The lowest BCUT2D eigenvalue weighted by molar-refractivity contribution is -0.141. The molecule has 1 saturated heterocycles. The fourth-order valence-corrected chi connectivity index (χ4v) is 1.69. The molecule has 18 heavy (non-hydrogen) atoms. The Morgan fingerprint density at radius 2 is 1.94 bits per heavy atom. The second-order valence-electron chi connectivity index (χ2n) is 3.75. The Labute approximate surface area is 101 Å². The number of urea groups is 1. The molecule has 1 aromatic rings. The number of carbonyl (C=O) groups is 3. The molecule has 1 aromatic carbocycles. The Balaban J connectivity index is 2.22. The summed E-state index contributed by atoms with van der Waals surface area (Å²) in [4.78, 5) is 34.4. The number of nitrogens with one attached hydrogen (secondary N) is 1. The van der Waals surface area contributed by atoms with Gasteiger partial charge in [0.15, 0.2) is 0 Å². The van der Waals surface area contributed by atoms with E-state index in [2.05, 4.69) is 5.32 Å². The SMILES string of the molecule is O=C(O)CN1C(=O)N[C@@H](c2ccc(F)cc2)C1=O. The largest absolute Gasteiger partial charge is 0.480 e. The van der Waals surface area contributed by atoms with Crippen molar-refractivity contribution in [1.29, 1.82) is 0 Å². The molecule has 7 heteroatoms. The summed E-state index contributed by atoms with van der Waals surface area (Å²) < 4.78 is 12.7. The molecule has 0 unspecified atom stereocenters. The molecule has 1 aliphatic heterocycles. The molecule has 1 aliphatic rings. The molecule has 0 aromatic heterocycles. The summed E-state index contributed by atoms with van der Waals surface area (Å²) in [5.41, 5.74) is 0.405. The highest BCUT2D eigenvalue weighted by atomic mass is 19.1. The van der Waals surface area contributed by atoms with Crippen molar-refractivity contribution in [3.05, 3.63) is 35.6 Å². The van der Waals surface area contributed by atoms with E-state index < -0.39 is 36.3 Å². The van der Waals surface area contributed by atoms with Crippen molar-refractivity contribution in [1.82, 2.24) is 10.2 Å². The number of benzene rings is 1. The van der Waals surface area contributed by atoms with Crippen LogP contribution in [-0.2, 0) is 9.59 Å². The number of carboxylic acids is 1. The summed E-state index contributed by atoms with van der Waals surface area (Å²) in [6, 6.07) is 3.32. The highest BCUT2D eigenvalue weighted by Crippen LogP contribution is 2.21. The third-order valence-electron chi connectivity index (χ3n) is 2.52. The monoisotopic (exact) mass is 252 g/mol. The highest BCUT2D eigenvalue weighted by molar-refractivity contribution is 6.06. The van der Waals surface area contributed by atoms with Crippen LogP contribution in [0.15, 0.2) is 24.3 Å². The summed E-state index contributed by atoms with van der Waals surface area (Å²) in [6.45, 7) is -0.692. The molecular weight excluding hydrogens is 243 g/mol. The van der Waals surface area contributed by atoms with Gasteiger partial charge in [0, 0.05) is 0 Å². The summed E-state index contributed by atoms with van der Waals surface area (Å²) in [5, 5.41) is 10.9. The van der Waals surface area contributed by atoms with E-state index in [1.54, 1.807) is 0 Å². The third kappa shape index (κ3) is 2.15. The van der Waals surface area contributed by atoms with E-state index in [0.29, 0.717) is 10.5 Å². The number of nitrogens with zero attached hydrogens (tertiary/aromatic N) is 1. The quantitative estimate of drug-likeness (QED) is 0.767. The fourth-order valence-electron chi connectivity index (χ4n) is 1.69. The minimum atomic E-state index is -1.28. The van der Waals surface area contributed by atoms with Crippen molar-refractivity contribution < 1.29 is 23.9 Å². The van der Waals surface area contributed by atoms with Crippen LogP contribution in [0.1, 0.15) is 11.6 Å². The van der Waals surface area contributed by atoms with Gasteiger partial charge in [-0.05, 0) is 17.7 Å². The molecule has 94 valence electrons. The molecule has 0 bridgehead atoms. The van der Waals surface area contributed by atoms with Crippen LogP contribution in [0.3, 0.4) is 0 Å². The Hall–Kier alpha value is -2.44. The molecule has 0 spiro atoms. The first-order valence-electron chi connectivity index (χ1n) is 5.08. The molecule has 0 aliphatic carbocycles. The minimum Gasteiger partial charge on any atom is -0.480 e. The van der Waals surface area contributed by atoms with Gasteiger partial charge in [-0.2, -0.15) is 0 Å². The van der Waals surface area contributed by atoms with Crippen molar-refractivity contribution >= 4 is 17.9 Å². The minimum absolute atomic E-state index is 0.405. The van der Waals surface area contributed by atoms with E-state index in [1.165, 1.54) is 12.1 Å². The maximum absolute atomic E-state index is 12.7. The molecule has 6 nitrogen and oxygen atoms in total. The van der Waals surface area contributed by atoms with Crippen LogP contribution in [0, 0.1) is 5.82 Å². The summed E-state index contributed by atoms with van der Waals surface area (Å²) in [6.07, 6.45) is 0. The van der Waals surface area contributed by atoms with Crippen molar-refractivity contribution in [3.63, 3.8) is 0 Å². The number of hydrogen-bond acceptors (Lipinski definition) is 3. The van der Waals surface area contributed by atoms with Crippen molar-refractivity contribution in [2.45, 2.75) is 6.04 Å². The van der Waals surface area contributed by atoms with E-state index >= 15 is 0 Å². The number of hydrogen-bond donors (Lipinski definition) is 2. The number of amides is 3. The van der Waals surface area contributed by atoms with E-state index in [1.807, 2.05) is 0 Å². The molecule has 2 rings (SSSR count). The zero-order chi connectivity index (χ0) is 13.3. The van der Waals surface area contributed by atoms with Gasteiger partial charge >= 0.3 is 12.0 Å². The van der Waals surface area contributed by atoms with Gasteiger partial charge in [-0.1, -0.05) is 12.1 Å². The zero-order valence-corrected chi connectivity index (χ0v) is 9.09. The maximum Gasteiger partial charge on any atom is 0.325 e. The average Bonchev–Trinajstić information content (AvgIpc) is 2.58. The molecule has 1 atom stereocenters. The Morgan fingerprint density at radius 3 is 2.50 bits per heavy atom. The highest BCUT2D eigenvalue weighted by Gasteiger charge is 2.39. The third-order valence-corrected chi connectivity index (χ3v) is 2.52. The summed E-state index contributed by atoms with van der Waals surface area (Å²) in [7, 11) is 0. The molecule has 2 N–H and O–H groups in total. The van der Waals surface area contributed by atoms with Gasteiger partial charge in [-0.15, -0.1) is 0 Å².